The summed E-state index contributed by atoms with van der Waals surface area (Å²) in [7, 11) is 1.52. The van der Waals surface area contributed by atoms with E-state index in [1.54, 1.807) is 60.7 Å². The van der Waals surface area contributed by atoms with Gasteiger partial charge in [-0.15, -0.1) is 0 Å². The van der Waals surface area contributed by atoms with E-state index in [2.05, 4.69) is 4.98 Å². The number of carbonyl (C=O) groups excluding carboxylic acids is 3. The lowest BCUT2D eigenvalue weighted by molar-refractivity contribution is -0.132. The highest BCUT2D eigenvalue weighted by Crippen LogP contribution is 2.43. The minimum atomic E-state index is -0.956. The molecule has 8 heteroatoms. The molecule has 33 heavy (non-hydrogen) atoms. The molecule has 8 nitrogen and oxygen atoms in total. The molecule has 1 saturated heterocycles. The lowest BCUT2D eigenvalue weighted by atomic mass is 9.95. The summed E-state index contributed by atoms with van der Waals surface area (Å²) in [6.07, 6.45) is 2.95. The molecule has 1 amide bonds. The van der Waals surface area contributed by atoms with E-state index in [0.29, 0.717) is 22.6 Å². The number of rotatable bonds is 5. The summed E-state index contributed by atoms with van der Waals surface area (Å²) in [5, 5.41) is 11.0. The van der Waals surface area contributed by atoms with Crippen LogP contribution in [0.4, 0.5) is 5.69 Å². The third kappa shape index (κ3) is 4.18. The highest BCUT2D eigenvalue weighted by molar-refractivity contribution is 6.51. The number of Topliss-reactive ketones (excluding diaryl/α,β-unsaturated/α-hetero) is 1. The predicted octanol–water partition coefficient (Wildman–Crippen LogP) is 3.64. The van der Waals surface area contributed by atoms with Crippen molar-refractivity contribution in [3.63, 3.8) is 0 Å². The molecule has 1 N–H and O–H groups in total. The first-order valence-corrected chi connectivity index (χ1v) is 10.0. The Morgan fingerprint density at radius 2 is 1.70 bits per heavy atom. The van der Waals surface area contributed by atoms with Gasteiger partial charge in [0.05, 0.1) is 18.7 Å². The monoisotopic (exact) mass is 444 g/mol. The van der Waals surface area contributed by atoms with Crippen LogP contribution in [0.15, 0.2) is 78.6 Å². The van der Waals surface area contributed by atoms with Crippen LogP contribution in [0.5, 0.6) is 11.5 Å². The fourth-order valence-corrected chi connectivity index (χ4v) is 3.74. The van der Waals surface area contributed by atoms with E-state index < -0.39 is 23.7 Å². The second-order valence-corrected chi connectivity index (χ2v) is 7.27. The van der Waals surface area contributed by atoms with Crippen LogP contribution < -0.4 is 14.4 Å². The van der Waals surface area contributed by atoms with E-state index in [0.717, 1.165) is 0 Å². The molecule has 2 aromatic carbocycles. The highest BCUT2D eigenvalue weighted by Gasteiger charge is 2.47. The first kappa shape index (κ1) is 21.8. The molecule has 2 heterocycles. The number of pyridine rings is 1. The number of carbonyl (C=O) groups is 3. The topological polar surface area (TPSA) is 106 Å². The molecule has 0 aliphatic carbocycles. The van der Waals surface area contributed by atoms with Crippen LogP contribution in [-0.4, -0.2) is 34.9 Å². The van der Waals surface area contributed by atoms with E-state index in [1.165, 1.54) is 31.3 Å². The maximum absolute atomic E-state index is 13.2. The summed E-state index contributed by atoms with van der Waals surface area (Å²) in [4.78, 5) is 43.0. The van der Waals surface area contributed by atoms with Crippen LogP contribution in [0.25, 0.3) is 5.76 Å². The number of amides is 1. The standard InChI is InChI=1S/C25H20N2O6/c1-15(28)33-20-5-3-4-17(14-20)22-21(23(29)16-10-12-26-13-11-16)24(30)25(31)27(22)18-6-8-19(32-2)9-7-18/h3-14,22,29H,1-2H3/b23-21-. The number of hydrogen-bond acceptors (Lipinski definition) is 7. The van der Waals surface area contributed by atoms with Crippen molar-refractivity contribution in [3.05, 3.63) is 89.8 Å². The van der Waals surface area contributed by atoms with E-state index >= 15 is 0 Å². The molecular weight excluding hydrogens is 424 g/mol. The summed E-state index contributed by atoms with van der Waals surface area (Å²) in [5.74, 6) is -1.62. The Kier molecular flexibility index (Phi) is 5.91. The van der Waals surface area contributed by atoms with Crippen LogP contribution in [0.3, 0.4) is 0 Å². The van der Waals surface area contributed by atoms with Gasteiger partial charge in [-0.05, 0) is 54.1 Å². The molecule has 1 unspecified atom stereocenters. The average Bonchev–Trinajstić information content (AvgIpc) is 3.09. The van der Waals surface area contributed by atoms with E-state index in [-0.39, 0.29) is 17.1 Å². The first-order chi connectivity index (χ1) is 15.9. The number of ether oxygens (including phenoxy) is 2. The van der Waals surface area contributed by atoms with Gasteiger partial charge in [0, 0.05) is 30.6 Å². The van der Waals surface area contributed by atoms with Gasteiger partial charge in [-0.3, -0.25) is 24.3 Å². The van der Waals surface area contributed by atoms with E-state index in [9.17, 15) is 19.5 Å². The Labute approximate surface area is 189 Å². The number of ketones is 1. The number of anilines is 1. The smallest absolute Gasteiger partial charge is 0.308 e. The average molecular weight is 444 g/mol. The molecule has 0 spiro atoms. The molecule has 1 aliphatic rings. The molecule has 0 bridgehead atoms. The second kappa shape index (κ2) is 8.96. The number of esters is 1. The van der Waals surface area contributed by atoms with Gasteiger partial charge >= 0.3 is 5.97 Å². The summed E-state index contributed by atoms with van der Waals surface area (Å²) < 4.78 is 10.4. The minimum Gasteiger partial charge on any atom is -0.507 e. The van der Waals surface area contributed by atoms with Crippen molar-refractivity contribution in [2.24, 2.45) is 0 Å². The summed E-state index contributed by atoms with van der Waals surface area (Å²) in [5.41, 5.74) is 1.19. The number of nitrogens with zero attached hydrogens (tertiary/aromatic N) is 2. The molecule has 4 rings (SSSR count). The van der Waals surface area contributed by atoms with Crippen LogP contribution in [0.1, 0.15) is 24.1 Å². The number of benzene rings is 2. The fraction of sp³-hybridized carbons (Fsp3) is 0.120. The van der Waals surface area contributed by atoms with Crippen molar-refractivity contribution in [2.75, 3.05) is 12.0 Å². The van der Waals surface area contributed by atoms with Crippen molar-refractivity contribution in [2.45, 2.75) is 13.0 Å². The Bertz CT molecular complexity index is 1250. The molecule has 0 radical (unpaired) electrons. The lowest BCUT2D eigenvalue weighted by Gasteiger charge is -2.25. The SMILES string of the molecule is COc1ccc(N2C(=O)C(=O)/C(=C(\O)c3ccncc3)C2c2cccc(OC(C)=O)c2)cc1. The van der Waals surface area contributed by atoms with Crippen LogP contribution in [0, 0.1) is 0 Å². The van der Waals surface area contributed by atoms with Gasteiger partial charge in [0.2, 0.25) is 0 Å². The van der Waals surface area contributed by atoms with Crippen molar-refractivity contribution in [3.8, 4) is 11.5 Å². The van der Waals surface area contributed by atoms with Crippen molar-refractivity contribution in [1.29, 1.82) is 0 Å². The Morgan fingerprint density at radius 3 is 2.33 bits per heavy atom. The van der Waals surface area contributed by atoms with E-state index in [1.807, 2.05) is 0 Å². The molecule has 1 aliphatic heterocycles. The van der Waals surface area contributed by atoms with Crippen LogP contribution >= 0.6 is 0 Å². The molecule has 1 atom stereocenters. The molecule has 3 aromatic rings. The molecule has 0 saturated carbocycles. The summed E-state index contributed by atoms with van der Waals surface area (Å²) in [6.45, 7) is 1.28. The molecule has 1 fully saturated rings. The number of aliphatic hydroxyl groups is 1. The zero-order chi connectivity index (χ0) is 23.5. The molecule has 166 valence electrons. The maximum atomic E-state index is 13.2. The first-order valence-electron chi connectivity index (χ1n) is 10.0. The third-order valence-electron chi connectivity index (χ3n) is 5.18. The third-order valence-corrected chi connectivity index (χ3v) is 5.18. The van der Waals surface area contributed by atoms with Crippen LogP contribution in [0.2, 0.25) is 0 Å². The van der Waals surface area contributed by atoms with Gasteiger partial charge in [-0.2, -0.15) is 0 Å². The summed E-state index contributed by atoms with van der Waals surface area (Å²) in [6, 6.07) is 15.3. The highest BCUT2D eigenvalue weighted by atomic mass is 16.5. The van der Waals surface area contributed by atoms with Gasteiger partial charge in [-0.25, -0.2) is 0 Å². The zero-order valence-corrected chi connectivity index (χ0v) is 17.9. The van der Waals surface area contributed by atoms with Gasteiger partial charge < -0.3 is 14.6 Å². The maximum Gasteiger partial charge on any atom is 0.308 e. The quantitative estimate of drug-likeness (QED) is 0.211. The number of aromatic nitrogens is 1. The largest absolute Gasteiger partial charge is 0.507 e. The second-order valence-electron chi connectivity index (χ2n) is 7.27. The Morgan fingerprint density at radius 1 is 1.00 bits per heavy atom. The lowest BCUT2D eigenvalue weighted by Crippen LogP contribution is -2.29. The normalized spacial score (nSPS) is 17.2. The van der Waals surface area contributed by atoms with Gasteiger partial charge in [-0.1, -0.05) is 12.1 Å². The number of hydrogen-bond donors (Lipinski definition) is 1. The Hall–Kier alpha value is -4.46. The molecule has 1 aromatic heterocycles. The van der Waals surface area contributed by atoms with Crippen molar-refractivity contribution in [1.82, 2.24) is 4.98 Å². The minimum absolute atomic E-state index is 0.0815. The zero-order valence-electron chi connectivity index (χ0n) is 17.9. The fourth-order valence-electron chi connectivity index (χ4n) is 3.74. The van der Waals surface area contributed by atoms with Crippen molar-refractivity contribution >= 4 is 29.1 Å². The molecular formula is C25H20N2O6. The van der Waals surface area contributed by atoms with Gasteiger partial charge in [0.1, 0.15) is 17.3 Å². The number of aliphatic hydroxyl groups excluding tert-OH is 1. The number of methoxy groups -OCH3 is 1. The Balaban J connectivity index is 1.92. The van der Waals surface area contributed by atoms with Gasteiger partial charge in [0.25, 0.3) is 11.7 Å². The van der Waals surface area contributed by atoms with E-state index in [4.69, 9.17) is 9.47 Å². The predicted molar refractivity (Wildman–Crippen MR) is 120 cm³/mol. The van der Waals surface area contributed by atoms with Crippen molar-refractivity contribution < 1.29 is 29.0 Å². The van der Waals surface area contributed by atoms with Crippen LogP contribution in [-0.2, 0) is 14.4 Å². The van der Waals surface area contributed by atoms with Gasteiger partial charge in [0.15, 0.2) is 0 Å². The summed E-state index contributed by atoms with van der Waals surface area (Å²) >= 11 is 0.